The molecule has 9 nitrogen and oxygen atoms in total. The lowest BCUT2D eigenvalue weighted by Gasteiger charge is -2.07. The fourth-order valence-electron chi connectivity index (χ4n) is 3.76. The number of nitrogens with one attached hydrogen (secondary N) is 1. The maximum Gasteiger partial charge on any atom is 0.295 e. The SMILES string of the molecule is CCCCc1ccc(-n2nnnc2SCCC(=O)Nc2c(C)n(C)n(-c3ccccc3)c2=O)cc1. The van der Waals surface area contributed by atoms with Gasteiger partial charge in [0.25, 0.3) is 5.56 Å². The summed E-state index contributed by atoms with van der Waals surface area (Å²) in [4.78, 5) is 25.6. The predicted octanol–water partition coefficient (Wildman–Crippen LogP) is 3.92. The molecule has 0 radical (unpaired) electrons. The van der Waals surface area contributed by atoms with Crippen LogP contribution in [0.15, 0.2) is 64.5 Å². The van der Waals surface area contributed by atoms with Gasteiger partial charge in [-0.15, -0.1) is 5.10 Å². The maximum absolute atomic E-state index is 13.0. The van der Waals surface area contributed by atoms with Crippen LogP contribution in [0.2, 0.25) is 0 Å². The van der Waals surface area contributed by atoms with Crippen LogP contribution in [-0.2, 0) is 18.3 Å². The molecule has 0 saturated heterocycles. The Balaban J connectivity index is 1.38. The summed E-state index contributed by atoms with van der Waals surface area (Å²) in [6.45, 7) is 3.99. The second-order valence-electron chi connectivity index (χ2n) is 8.23. The zero-order chi connectivity index (χ0) is 24.8. The third kappa shape index (κ3) is 5.54. The van der Waals surface area contributed by atoms with Gasteiger partial charge in [-0.3, -0.25) is 14.3 Å². The molecule has 0 fully saturated rings. The van der Waals surface area contributed by atoms with Gasteiger partial charge >= 0.3 is 0 Å². The van der Waals surface area contributed by atoms with Crippen LogP contribution in [-0.4, -0.2) is 41.2 Å². The molecule has 2 aromatic heterocycles. The first kappa shape index (κ1) is 24.5. The van der Waals surface area contributed by atoms with E-state index in [1.54, 1.807) is 21.1 Å². The van der Waals surface area contributed by atoms with Crippen molar-refractivity contribution >= 4 is 23.4 Å². The summed E-state index contributed by atoms with van der Waals surface area (Å²) in [5, 5.41) is 15.4. The van der Waals surface area contributed by atoms with Gasteiger partial charge < -0.3 is 5.32 Å². The third-order valence-electron chi connectivity index (χ3n) is 5.82. The molecule has 1 N–H and O–H groups in total. The average Bonchev–Trinajstić information content (AvgIpc) is 3.42. The Morgan fingerprint density at radius 3 is 2.51 bits per heavy atom. The summed E-state index contributed by atoms with van der Waals surface area (Å²) < 4.78 is 4.96. The molecule has 1 amide bonds. The minimum absolute atomic E-state index is 0.215. The molecule has 0 bridgehead atoms. The lowest BCUT2D eigenvalue weighted by molar-refractivity contribution is -0.115. The summed E-state index contributed by atoms with van der Waals surface area (Å²) in [7, 11) is 1.80. The highest BCUT2D eigenvalue weighted by atomic mass is 32.2. The van der Waals surface area contributed by atoms with Gasteiger partial charge in [0.05, 0.1) is 17.1 Å². The molecule has 0 aliphatic heterocycles. The number of hydrogen-bond donors (Lipinski definition) is 1. The van der Waals surface area contributed by atoms with E-state index in [1.807, 2.05) is 49.4 Å². The smallest absolute Gasteiger partial charge is 0.295 e. The van der Waals surface area contributed by atoms with Crippen LogP contribution in [0.5, 0.6) is 0 Å². The van der Waals surface area contributed by atoms with Crippen LogP contribution in [0.25, 0.3) is 11.4 Å². The van der Waals surface area contributed by atoms with Crippen LogP contribution in [0, 0.1) is 6.92 Å². The number of para-hydroxylation sites is 1. The quantitative estimate of drug-likeness (QED) is 0.338. The first-order valence-corrected chi connectivity index (χ1v) is 12.6. The lowest BCUT2D eigenvalue weighted by atomic mass is 10.1. The number of carbonyl (C=O) groups excluding carboxylic acids is 1. The van der Waals surface area contributed by atoms with Crippen LogP contribution < -0.4 is 10.9 Å². The molecule has 0 saturated carbocycles. The number of hydrogen-bond acceptors (Lipinski definition) is 6. The molecule has 0 unspecified atom stereocenters. The fourth-order valence-corrected chi connectivity index (χ4v) is 4.59. The lowest BCUT2D eigenvalue weighted by Crippen LogP contribution is -2.23. The number of amides is 1. The largest absolute Gasteiger partial charge is 0.320 e. The van der Waals surface area contributed by atoms with E-state index in [9.17, 15) is 9.59 Å². The maximum atomic E-state index is 13.0. The van der Waals surface area contributed by atoms with Crippen molar-refractivity contribution in [1.29, 1.82) is 0 Å². The highest BCUT2D eigenvalue weighted by Gasteiger charge is 2.18. The van der Waals surface area contributed by atoms with Gasteiger partial charge in [-0.25, -0.2) is 4.68 Å². The standard InChI is InChI=1S/C25H29N7O2S/c1-4-5-9-19-12-14-20(15-13-19)31-25(27-28-29-31)35-17-16-22(33)26-23-18(2)30(3)32(24(23)34)21-10-7-6-8-11-21/h6-8,10-15H,4-5,9,16-17H2,1-3H3,(H,26,33). The average molecular weight is 492 g/mol. The molecule has 182 valence electrons. The molecule has 35 heavy (non-hydrogen) atoms. The van der Waals surface area contributed by atoms with E-state index in [1.165, 1.54) is 17.3 Å². The Morgan fingerprint density at radius 1 is 1.06 bits per heavy atom. The predicted molar refractivity (Wildman–Crippen MR) is 137 cm³/mol. The highest BCUT2D eigenvalue weighted by molar-refractivity contribution is 7.99. The molecule has 0 aliphatic carbocycles. The van der Waals surface area contributed by atoms with E-state index in [4.69, 9.17) is 0 Å². The van der Waals surface area contributed by atoms with E-state index < -0.39 is 0 Å². The number of thioether (sulfide) groups is 1. The van der Waals surface area contributed by atoms with Gasteiger partial charge in [-0.05, 0) is 60.0 Å². The topological polar surface area (TPSA) is 99.6 Å². The Kier molecular flexibility index (Phi) is 7.81. The summed E-state index contributed by atoms with van der Waals surface area (Å²) in [5.74, 6) is 0.238. The first-order chi connectivity index (χ1) is 17.0. The summed E-state index contributed by atoms with van der Waals surface area (Å²) >= 11 is 1.40. The number of benzene rings is 2. The number of anilines is 1. The molecule has 0 atom stereocenters. The minimum atomic E-state index is -0.261. The Hall–Kier alpha value is -3.66. The minimum Gasteiger partial charge on any atom is -0.320 e. The van der Waals surface area contributed by atoms with Crippen molar-refractivity contribution < 1.29 is 4.79 Å². The van der Waals surface area contributed by atoms with Crippen molar-refractivity contribution in [1.82, 2.24) is 29.6 Å². The number of tetrazole rings is 1. The zero-order valence-electron chi connectivity index (χ0n) is 20.1. The van der Waals surface area contributed by atoms with Crippen molar-refractivity contribution in [2.45, 2.75) is 44.7 Å². The van der Waals surface area contributed by atoms with Crippen molar-refractivity contribution in [3.05, 3.63) is 76.2 Å². The van der Waals surface area contributed by atoms with E-state index in [0.29, 0.717) is 22.3 Å². The van der Waals surface area contributed by atoms with Crippen molar-refractivity contribution in [3.63, 3.8) is 0 Å². The molecule has 2 aromatic carbocycles. The van der Waals surface area contributed by atoms with Gasteiger partial charge in [-0.1, -0.05) is 55.4 Å². The number of nitrogens with zero attached hydrogens (tertiary/aromatic N) is 6. The molecule has 4 rings (SSSR count). The van der Waals surface area contributed by atoms with Crippen LogP contribution in [0.1, 0.15) is 37.4 Å². The molecule has 4 aromatic rings. The summed E-state index contributed by atoms with van der Waals surface area (Å²) in [6.07, 6.45) is 3.60. The normalized spacial score (nSPS) is 11.1. The number of unbranched alkanes of at least 4 members (excludes halogenated alkanes) is 1. The van der Waals surface area contributed by atoms with E-state index in [0.717, 1.165) is 30.6 Å². The molecular formula is C25H29N7O2S. The van der Waals surface area contributed by atoms with Gasteiger partial charge in [0.1, 0.15) is 5.69 Å². The van der Waals surface area contributed by atoms with Crippen LogP contribution in [0.4, 0.5) is 5.69 Å². The second kappa shape index (κ2) is 11.2. The van der Waals surface area contributed by atoms with E-state index >= 15 is 0 Å². The van der Waals surface area contributed by atoms with Gasteiger partial charge in [-0.2, -0.15) is 4.68 Å². The molecule has 2 heterocycles. The molecule has 10 heteroatoms. The zero-order valence-corrected chi connectivity index (χ0v) is 21.0. The molecule has 0 spiro atoms. The van der Waals surface area contributed by atoms with Gasteiger partial charge in [0, 0.05) is 19.2 Å². The van der Waals surface area contributed by atoms with Crippen LogP contribution >= 0.6 is 11.8 Å². The number of rotatable bonds is 10. The summed E-state index contributed by atoms with van der Waals surface area (Å²) in [6, 6.07) is 17.5. The third-order valence-corrected chi connectivity index (χ3v) is 6.74. The Morgan fingerprint density at radius 2 is 1.80 bits per heavy atom. The Labute approximate surface area is 208 Å². The fraction of sp³-hybridized carbons (Fsp3) is 0.320. The second-order valence-corrected chi connectivity index (χ2v) is 9.29. The summed E-state index contributed by atoms with van der Waals surface area (Å²) in [5.41, 5.74) is 3.62. The van der Waals surface area contributed by atoms with E-state index in [2.05, 4.69) is 39.9 Å². The molecular weight excluding hydrogens is 462 g/mol. The first-order valence-electron chi connectivity index (χ1n) is 11.6. The van der Waals surface area contributed by atoms with Crippen molar-refractivity contribution in [3.8, 4) is 11.4 Å². The monoisotopic (exact) mass is 491 g/mol. The van der Waals surface area contributed by atoms with Crippen molar-refractivity contribution in [2.75, 3.05) is 11.1 Å². The van der Waals surface area contributed by atoms with Gasteiger partial charge in [0.15, 0.2) is 0 Å². The number of aromatic nitrogens is 6. The number of carbonyl (C=O) groups is 1. The number of aryl methyl sites for hydroxylation is 1. The van der Waals surface area contributed by atoms with E-state index in [-0.39, 0.29) is 17.9 Å². The van der Waals surface area contributed by atoms with Gasteiger partial charge in [0.2, 0.25) is 11.1 Å². The Bertz CT molecular complexity index is 1340. The van der Waals surface area contributed by atoms with Crippen molar-refractivity contribution in [2.24, 2.45) is 7.05 Å². The van der Waals surface area contributed by atoms with Crippen LogP contribution in [0.3, 0.4) is 0 Å². The highest BCUT2D eigenvalue weighted by Crippen LogP contribution is 2.20. The molecule has 0 aliphatic rings.